The maximum atomic E-state index is 12.8. The van der Waals surface area contributed by atoms with Gasteiger partial charge in [-0.05, 0) is 49.6 Å². The Bertz CT molecular complexity index is 487. The van der Waals surface area contributed by atoms with Crippen molar-refractivity contribution in [2.75, 3.05) is 6.54 Å². The van der Waals surface area contributed by atoms with Crippen molar-refractivity contribution in [3.8, 4) is 0 Å². The third-order valence-electron chi connectivity index (χ3n) is 5.63. The first kappa shape index (κ1) is 18.3. The zero-order valence-corrected chi connectivity index (χ0v) is 14.6. The highest BCUT2D eigenvalue weighted by Gasteiger charge is 2.35. The SMILES string of the molecule is Cl.NC[C@H]1CCC[C@H]1C(=O)NC(c1ccccc1)C1CCCC1. The number of hydrogen-bond donors (Lipinski definition) is 2. The lowest BCUT2D eigenvalue weighted by Gasteiger charge is -2.28. The van der Waals surface area contributed by atoms with Gasteiger partial charge in [-0.3, -0.25) is 4.79 Å². The van der Waals surface area contributed by atoms with E-state index in [-0.39, 0.29) is 30.3 Å². The first-order valence-corrected chi connectivity index (χ1v) is 8.85. The largest absolute Gasteiger partial charge is 0.349 e. The van der Waals surface area contributed by atoms with Crippen LogP contribution in [0.1, 0.15) is 56.6 Å². The maximum absolute atomic E-state index is 12.8. The molecule has 3 N–H and O–H groups in total. The van der Waals surface area contributed by atoms with Crippen molar-refractivity contribution < 1.29 is 4.79 Å². The van der Waals surface area contributed by atoms with E-state index in [4.69, 9.17) is 5.73 Å². The molecule has 3 rings (SSSR count). The van der Waals surface area contributed by atoms with Crippen LogP contribution in [0, 0.1) is 17.8 Å². The minimum Gasteiger partial charge on any atom is -0.349 e. The summed E-state index contributed by atoms with van der Waals surface area (Å²) in [5.41, 5.74) is 7.10. The summed E-state index contributed by atoms with van der Waals surface area (Å²) in [6.07, 6.45) is 8.28. The molecule has 1 amide bonds. The molecule has 2 fully saturated rings. The molecule has 2 aliphatic carbocycles. The summed E-state index contributed by atoms with van der Waals surface area (Å²) in [4.78, 5) is 12.8. The summed E-state index contributed by atoms with van der Waals surface area (Å²) in [7, 11) is 0. The minimum absolute atomic E-state index is 0. The topological polar surface area (TPSA) is 55.1 Å². The Hall–Kier alpha value is -1.06. The van der Waals surface area contributed by atoms with Crippen LogP contribution in [0.15, 0.2) is 30.3 Å². The summed E-state index contributed by atoms with van der Waals surface area (Å²) in [6, 6.07) is 10.7. The van der Waals surface area contributed by atoms with Gasteiger partial charge in [-0.2, -0.15) is 0 Å². The Labute approximate surface area is 145 Å². The van der Waals surface area contributed by atoms with Gasteiger partial charge < -0.3 is 11.1 Å². The molecule has 3 nitrogen and oxygen atoms in total. The van der Waals surface area contributed by atoms with Gasteiger partial charge in [-0.15, -0.1) is 12.4 Å². The number of benzene rings is 1. The maximum Gasteiger partial charge on any atom is 0.223 e. The van der Waals surface area contributed by atoms with Gasteiger partial charge in [0, 0.05) is 5.92 Å². The fourth-order valence-electron chi connectivity index (χ4n) is 4.35. The first-order valence-electron chi connectivity index (χ1n) is 8.85. The van der Waals surface area contributed by atoms with Crippen LogP contribution in [0.2, 0.25) is 0 Å². The molecule has 1 aromatic rings. The number of carbonyl (C=O) groups is 1. The zero-order valence-electron chi connectivity index (χ0n) is 13.7. The number of nitrogens with one attached hydrogen (secondary N) is 1. The molecule has 0 spiro atoms. The predicted molar refractivity (Wildman–Crippen MR) is 96.4 cm³/mol. The quantitative estimate of drug-likeness (QED) is 0.858. The second-order valence-electron chi connectivity index (χ2n) is 6.97. The molecule has 0 aliphatic heterocycles. The molecule has 0 radical (unpaired) electrons. The van der Waals surface area contributed by atoms with Crippen molar-refractivity contribution in [2.45, 2.75) is 51.0 Å². The van der Waals surface area contributed by atoms with Crippen LogP contribution in [-0.4, -0.2) is 12.5 Å². The van der Waals surface area contributed by atoms with Crippen molar-refractivity contribution in [1.29, 1.82) is 0 Å². The molecule has 0 bridgehead atoms. The van der Waals surface area contributed by atoms with Crippen molar-refractivity contribution >= 4 is 18.3 Å². The number of nitrogens with two attached hydrogens (primary N) is 1. The molecule has 0 heterocycles. The smallest absolute Gasteiger partial charge is 0.223 e. The molecule has 2 saturated carbocycles. The van der Waals surface area contributed by atoms with Gasteiger partial charge in [-0.1, -0.05) is 49.6 Å². The third-order valence-corrected chi connectivity index (χ3v) is 5.63. The molecule has 4 heteroatoms. The molecule has 23 heavy (non-hydrogen) atoms. The zero-order chi connectivity index (χ0) is 15.4. The third kappa shape index (κ3) is 4.27. The van der Waals surface area contributed by atoms with Gasteiger partial charge in [0.1, 0.15) is 0 Å². The summed E-state index contributed by atoms with van der Waals surface area (Å²) >= 11 is 0. The fourth-order valence-corrected chi connectivity index (χ4v) is 4.35. The lowest BCUT2D eigenvalue weighted by molar-refractivity contribution is -0.127. The van der Waals surface area contributed by atoms with Crippen molar-refractivity contribution in [1.82, 2.24) is 5.32 Å². The van der Waals surface area contributed by atoms with Crippen molar-refractivity contribution in [2.24, 2.45) is 23.5 Å². The standard InChI is InChI=1S/C19H28N2O.ClH/c20-13-16-11-6-12-17(16)19(22)21-18(15-9-4-5-10-15)14-7-2-1-3-8-14;/h1-3,7-8,15-18H,4-6,9-13,20H2,(H,21,22);1H/t16-,17-,18?;/m1./s1. The van der Waals surface area contributed by atoms with Gasteiger partial charge in [0.05, 0.1) is 6.04 Å². The Morgan fingerprint density at radius 1 is 1.09 bits per heavy atom. The van der Waals surface area contributed by atoms with Crippen LogP contribution in [-0.2, 0) is 4.79 Å². The van der Waals surface area contributed by atoms with Crippen LogP contribution in [0.3, 0.4) is 0 Å². The first-order chi connectivity index (χ1) is 10.8. The number of carbonyl (C=O) groups excluding carboxylic acids is 1. The summed E-state index contributed by atoms with van der Waals surface area (Å²) in [5.74, 6) is 1.32. The van der Waals surface area contributed by atoms with Gasteiger partial charge in [0.15, 0.2) is 0 Å². The fraction of sp³-hybridized carbons (Fsp3) is 0.632. The van der Waals surface area contributed by atoms with Crippen molar-refractivity contribution in [3.05, 3.63) is 35.9 Å². The molecular formula is C19H29ClN2O. The second-order valence-corrected chi connectivity index (χ2v) is 6.97. The van der Waals surface area contributed by atoms with E-state index in [0.717, 1.165) is 19.3 Å². The highest BCUT2D eigenvalue weighted by Crippen LogP contribution is 2.37. The van der Waals surface area contributed by atoms with E-state index in [1.165, 1.54) is 31.2 Å². The van der Waals surface area contributed by atoms with Crippen LogP contribution in [0.4, 0.5) is 0 Å². The molecule has 1 aromatic carbocycles. The normalized spacial score (nSPS) is 25.8. The molecular weight excluding hydrogens is 308 g/mol. The van der Waals surface area contributed by atoms with E-state index < -0.39 is 0 Å². The van der Waals surface area contributed by atoms with Crippen LogP contribution >= 0.6 is 12.4 Å². The van der Waals surface area contributed by atoms with E-state index in [0.29, 0.717) is 18.4 Å². The van der Waals surface area contributed by atoms with Gasteiger partial charge in [0.2, 0.25) is 5.91 Å². The van der Waals surface area contributed by atoms with Crippen molar-refractivity contribution in [3.63, 3.8) is 0 Å². The van der Waals surface area contributed by atoms with E-state index in [9.17, 15) is 4.79 Å². The van der Waals surface area contributed by atoms with Crippen LogP contribution in [0.25, 0.3) is 0 Å². The summed E-state index contributed by atoms with van der Waals surface area (Å²) in [6.45, 7) is 0.636. The van der Waals surface area contributed by atoms with Gasteiger partial charge in [-0.25, -0.2) is 0 Å². The Kier molecular flexibility index (Phi) is 6.91. The average Bonchev–Trinajstić information content (AvgIpc) is 3.24. The highest BCUT2D eigenvalue weighted by atomic mass is 35.5. The number of hydrogen-bond acceptors (Lipinski definition) is 2. The minimum atomic E-state index is 0. The predicted octanol–water partition coefficient (Wildman–Crippen LogP) is 3.83. The Balaban J connectivity index is 0.00000192. The molecule has 0 aromatic heterocycles. The molecule has 0 saturated heterocycles. The molecule has 3 atom stereocenters. The molecule has 128 valence electrons. The summed E-state index contributed by atoms with van der Waals surface area (Å²) in [5, 5.41) is 3.39. The number of halogens is 1. The monoisotopic (exact) mass is 336 g/mol. The Morgan fingerprint density at radius 3 is 2.43 bits per heavy atom. The molecule has 1 unspecified atom stereocenters. The van der Waals surface area contributed by atoms with Gasteiger partial charge >= 0.3 is 0 Å². The molecule has 2 aliphatic rings. The van der Waals surface area contributed by atoms with E-state index in [1.807, 2.05) is 6.07 Å². The van der Waals surface area contributed by atoms with E-state index >= 15 is 0 Å². The number of rotatable bonds is 5. The van der Waals surface area contributed by atoms with Crippen LogP contribution < -0.4 is 11.1 Å². The van der Waals surface area contributed by atoms with E-state index in [2.05, 4.69) is 29.6 Å². The lowest BCUT2D eigenvalue weighted by atomic mass is 9.89. The highest BCUT2D eigenvalue weighted by molar-refractivity contribution is 5.85. The Morgan fingerprint density at radius 2 is 1.78 bits per heavy atom. The van der Waals surface area contributed by atoms with E-state index in [1.54, 1.807) is 0 Å². The van der Waals surface area contributed by atoms with Gasteiger partial charge in [0.25, 0.3) is 0 Å². The van der Waals surface area contributed by atoms with Crippen LogP contribution in [0.5, 0.6) is 0 Å². The second kappa shape index (κ2) is 8.70. The number of amides is 1. The summed E-state index contributed by atoms with van der Waals surface area (Å²) < 4.78 is 0. The lowest BCUT2D eigenvalue weighted by Crippen LogP contribution is -2.39. The average molecular weight is 337 g/mol.